The average molecular weight is 370 g/mol. The Hall–Kier alpha value is -1.25. The number of halogens is 1. The summed E-state index contributed by atoms with van der Waals surface area (Å²) < 4.78 is 15.9. The molecule has 1 saturated heterocycles. The van der Waals surface area contributed by atoms with E-state index >= 15 is 0 Å². The number of carbonyl (C=O) groups is 1. The van der Waals surface area contributed by atoms with Crippen LogP contribution in [-0.2, 0) is 4.79 Å². The fourth-order valence-corrected chi connectivity index (χ4v) is 4.69. The van der Waals surface area contributed by atoms with Crippen LogP contribution in [0.2, 0.25) is 0 Å². The first kappa shape index (κ1) is 16.6. The van der Waals surface area contributed by atoms with Crippen molar-refractivity contribution in [1.82, 2.24) is 14.7 Å². The predicted octanol–water partition coefficient (Wildman–Crippen LogP) is 3.91. The average Bonchev–Trinajstić information content (AvgIpc) is 2.95. The number of amides is 1. The number of aromatic nitrogens is 2. The van der Waals surface area contributed by atoms with Gasteiger partial charge in [0, 0.05) is 13.1 Å². The fraction of sp³-hybridized carbons (Fsp3) is 0.400. The summed E-state index contributed by atoms with van der Waals surface area (Å²) in [5, 5.41) is 4.43. The molecule has 122 valence electrons. The van der Waals surface area contributed by atoms with E-state index in [1.165, 1.54) is 41.7 Å². The van der Waals surface area contributed by atoms with Crippen LogP contribution in [0, 0.1) is 9.77 Å². The van der Waals surface area contributed by atoms with Crippen molar-refractivity contribution < 1.29 is 9.18 Å². The number of hydrogen-bond donors (Lipinski definition) is 0. The molecular formula is C15H16FN3OS3. The van der Waals surface area contributed by atoms with Gasteiger partial charge in [0.1, 0.15) is 5.82 Å². The normalized spacial score (nSPS) is 14.9. The van der Waals surface area contributed by atoms with Crippen molar-refractivity contribution in [3.63, 3.8) is 0 Å². The fourth-order valence-electron chi connectivity index (χ4n) is 2.42. The lowest BCUT2D eigenvalue weighted by Crippen LogP contribution is -2.36. The summed E-state index contributed by atoms with van der Waals surface area (Å²) in [6.45, 7) is 1.72. The van der Waals surface area contributed by atoms with E-state index in [1.54, 1.807) is 16.8 Å². The standard InChI is InChI=1S/C15H16FN3OS3/c16-11-4-6-12(7-5-11)19-15(21)23-14(17-19)22-10-13(20)18-8-2-1-3-9-18/h4-7H,1-3,8-10H2. The van der Waals surface area contributed by atoms with E-state index in [-0.39, 0.29) is 11.7 Å². The molecule has 2 heterocycles. The largest absolute Gasteiger partial charge is 0.342 e. The molecular weight excluding hydrogens is 353 g/mol. The molecule has 1 aromatic heterocycles. The second kappa shape index (κ2) is 7.55. The van der Waals surface area contributed by atoms with Crippen molar-refractivity contribution in [1.29, 1.82) is 0 Å². The molecule has 4 nitrogen and oxygen atoms in total. The molecule has 1 aromatic carbocycles. The highest BCUT2D eigenvalue weighted by atomic mass is 32.2. The zero-order valence-electron chi connectivity index (χ0n) is 12.4. The number of nitrogens with zero attached hydrogens (tertiary/aromatic N) is 3. The molecule has 23 heavy (non-hydrogen) atoms. The third-order valence-corrected chi connectivity index (χ3v) is 5.98. The molecule has 0 saturated carbocycles. The highest BCUT2D eigenvalue weighted by Gasteiger charge is 2.17. The lowest BCUT2D eigenvalue weighted by Gasteiger charge is -2.26. The molecule has 8 heteroatoms. The minimum Gasteiger partial charge on any atom is -0.342 e. The van der Waals surface area contributed by atoms with Crippen LogP contribution in [0.1, 0.15) is 19.3 Å². The van der Waals surface area contributed by atoms with Crippen molar-refractivity contribution in [2.24, 2.45) is 0 Å². The predicted molar refractivity (Wildman–Crippen MR) is 93.4 cm³/mol. The summed E-state index contributed by atoms with van der Waals surface area (Å²) in [5.41, 5.74) is 0.724. The molecule has 2 aromatic rings. The number of piperidine rings is 1. The van der Waals surface area contributed by atoms with Gasteiger partial charge in [-0.3, -0.25) is 4.79 Å². The van der Waals surface area contributed by atoms with E-state index in [9.17, 15) is 9.18 Å². The Labute approximate surface area is 147 Å². The van der Waals surface area contributed by atoms with Gasteiger partial charge in [0.05, 0.1) is 11.4 Å². The number of benzene rings is 1. The van der Waals surface area contributed by atoms with Crippen LogP contribution in [0.25, 0.3) is 5.69 Å². The van der Waals surface area contributed by atoms with Gasteiger partial charge in [-0.05, 0) is 55.7 Å². The summed E-state index contributed by atoms with van der Waals surface area (Å²) in [6, 6.07) is 6.03. The van der Waals surface area contributed by atoms with Gasteiger partial charge < -0.3 is 4.90 Å². The molecule has 0 atom stereocenters. The number of carbonyl (C=O) groups excluding carboxylic acids is 1. The van der Waals surface area contributed by atoms with E-state index in [4.69, 9.17) is 12.2 Å². The molecule has 1 aliphatic rings. The van der Waals surface area contributed by atoms with Gasteiger partial charge in [0.15, 0.2) is 8.29 Å². The Morgan fingerprint density at radius 1 is 1.26 bits per heavy atom. The van der Waals surface area contributed by atoms with Crippen molar-refractivity contribution >= 4 is 41.2 Å². The first-order chi connectivity index (χ1) is 11.1. The topological polar surface area (TPSA) is 38.1 Å². The van der Waals surface area contributed by atoms with Gasteiger partial charge in [0.2, 0.25) is 5.91 Å². The molecule has 0 spiro atoms. The van der Waals surface area contributed by atoms with Crippen LogP contribution in [0.15, 0.2) is 28.6 Å². The minimum absolute atomic E-state index is 0.157. The smallest absolute Gasteiger partial charge is 0.233 e. The van der Waals surface area contributed by atoms with Crippen LogP contribution < -0.4 is 0 Å². The summed E-state index contributed by atoms with van der Waals surface area (Å²) in [4.78, 5) is 14.1. The van der Waals surface area contributed by atoms with Crippen LogP contribution in [0.5, 0.6) is 0 Å². The Morgan fingerprint density at radius 3 is 2.65 bits per heavy atom. The molecule has 0 N–H and O–H groups in total. The van der Waals surface area contributed by atoms with Crippen LogP contribution >= 0.6 is 35.3 Å². The molecule has 3 rings (SSSR count). The highest BCUT2D eigenvalue weighted by Crippen LogP contribution is 2.25. The van der Waals surface area contributed by atoms with Crippen LogP contribution in [0.4, 0.5) is 4.39 Å². The molecule has 0 radical (unpaired) electrons. The highest BCUT2D eigenvalue weighted by molar-refractivity contribution is 8.01. The van der Waals surface area contributed by atoms with Gasteiger partial charge >= 0.3 is 0 Å². The van der Waals surface area contributed by atoms with Gasteiger partial charge in [-0.1, -0.05) is 23.1 Å². The maximum atomic E-state index is 13.0. The third-order valence-electron chi connectivity index (χ3n) is 3.63. The zero-order valence-corrected chi connectivity index (χ0v) is 14.9. The Bertz CT molecular complexity index is 735. The zero-order chi connectivity index (χ0) is 16.2. The Balaban J connectivity index is 1.65. The van der Waals surface area contributed by atoms with Crippen LogP contribution in [0.3, 0.4) is 0 Å². The first-order valence-corrected chi connectivity index (χ1v) is 9.61. The summed E-state index contributed by atoms with van der Waals surface area (Å²) in [7, 11) is 0. The Kier molecular flexibility index (Phi) is 5.45. The van der Waals surface area contributed by atoms with E-state index in [0.717, 1.165) is 36.0 Å². The van der Waals surface area contributed by atoms with E-state index in [2.05, 4.69) is 5.10 Å². The molecule has 1 aliphatic heterocycles. The number of hydrogen-bond acceptors (Lipinski definition) is 5. The molecule has 0 bridgehead atoms. The number of thioether (sulfide) groups is 1. The number of likely N-dealkylation sites (tertiary alicyclic amines) is 1. The van der Waals surface area contributed by atoms with Gasteiger partial charge in [-0.15, -0.1) is 5.10 Å². The summed E-state index contributed by atoms with van der Waals surface area (Å²) in [6.07, 6.45) is 3.39. The van der Waals surface area contributed by atoms with Gasteiger partial charge in [-0.2, -0.15) is 0 Å². The maximum Gasteiger partial charge on any atom is 0.233 e. The van der Waals surface area contributed by atoms with Crippen molar-refractivity contribution in [2.45, 2.75) is 23.6 Å². The van der Waals surface area contributed by atoms with E-state index in [1.807, 2.05) is 4.90 Å². The summed E-state index contributed by atoms with van der Waals surface area (Å²) in [5.74, 6) is 0.243. The van der Waals surface area contributed by atoms with Crippen LogP contribution in [-0.4, -0.2) is 39.4 Å². The molecule has 1 amide bonds. The van der Waals surface area contributed by atoms with Crippen molar-refractivity contribution in [3.05, 3.63) is 34.0 Å². The van der Waals surface area contributed by atoms with E-state index < -0.39 is 0 Å². The Morgan fingerprint density at radius 2 is 1.96 bits per heavy atom. The lowest BCUT2D eigenvalue weighted by molar-refractivity contribution is -0.129. The maximum absolute atomic E-state index is 13.0. The van der Waals surface area contributed by atoms with E-state index in [0.29, 0.717) is 9.71 Å². The summed E-state index contributed by atoms with van der Waals surface area (Å²) >= 11 is 8.09. The molecule has 0 unspecified atom stereocenters. The third kappa shape index (κ3) is 4.19. The first-order valence-electron chi connectivity index (χ1n) is 7.40. The second-order valence-electron chi connectivity index (χ2n) is 5.25. The number of rotatable bonds is 4. The van der Waals surface area contributed by atoms with Gasteiger partial charge in [0.25, 0.3) is 0 Å². The minimum atomic E-state index is -0.294. The van der Waals surface area contributed by atoms with Gasteiger partial charge in [-0.25, -0.2) is 9.07 Å². The lowest BCUT2D eigenvalue weighted by atomic mass is 10.1. The van der Waals surface area contributed by atoms with Crippen molar-refractivity contribution in [3.8, 4) is 5.69 Å². The SMILES string of the molecule is O=C(CSc1nn(-c2ccc(F)cc2)c(=S)s1)N1CCCCC1. The second-order valence-corrected chi connectivity index (χ2v) is 8.10. The molecule has 0 aliphatic carbocycles. The monoisotopic (exact) mass is 369 g/mol. The quantitative estimate of drug-likeness (QED) is 0.605. The van der Waals surface area contributed by atoms with Crippen molar-refractivity contribution in [2.75, 3.05) is 18.8 Å². The molecule has 1 fully saturated rings.